The van der Waals surface area contributed by atoms with Gasteiger partial charge in [-0.15, -0.1) is 0 Å². The average Bonchev–Trinajstić information content (AvgIpc) is 3.03. The Morgan fingerprint density at radius 2 is 1.78 bits per heavy atom. The SMILES string of the molecule is CCCCOC(=O)CC[C@@H](C)[C@H]1C[C@H](O)[C@@]2(C)C3=C(C(=O)C[C@]12C)[C@@]1(C)CCC(=O)C(C)(C)[C@@H]1C[C@@H]3O. The van der Waals surface area contributed by atoms with Crippen molar-refractivity contribution in [2.45, 2.75) is 118 Å². The molecule has 0 bridgehead atoms. The van der Waals surface area contributed by atoms with Crippen LogP contribution >= 0.6 is 0 Å². The number of fused-ring (bicyclic) bond motifs is 4. The molecule has 4 aliphatic rings. The number of Topliss-reactive ketones (excluding diaryl/α,β-unsaturated/α-hetero) is 2. The summed E-state index contributed by atoms with van der Waals surface area (Å²) >= 11 is 0. The number of aliphatic hydroxyl groups excluding tert-OH is 2. The van der Waals surface area contributed by atoms with Gasteiger partial charge in [-0.05, 0) is 60.8 Å². The summed E-state index contributed by atoms with van der Waals surface area (Å²) < 4.78 is 5.35. The Kier molecular flexibility index (Phi) is 7.38. The fourth-order valence-electron chi connectivity index (χ4n) is 9.14. The van der Waals surface area contributed by atoms with E-state index in [0.29, 0.717) is 57.1 Å². The molecule has 6 heteroatoms. The number of aliphatic hydroxyl groups is 2. The number of ketones is 2. The molecule has 0 radical (unpaired) electrons. The van der Waals surface area contributed by atoms with Crippen LogP contribution in [0.1, 0.15) is 106 Å². The lowest BCUT2D eigenvalue weighted by Crippen LogP contribution is -2.60. The van der Waals surface area contributed by atoms with Crippen molar-refractivity contribution in [1.29, 1.82) is 0 Å². The first kappa shape index (κ1) is 28.5. The van der Waals surface area contributed by atoms with E-state index in [9.17, 15) is 24.6 Å². The van der Waals surface area contributed by atoms with Gasteiger partial charge in [0.15, 0.2) is 5.78 Å². The maximum atomic E-state index is 14.1. The summed E-state index contributed by atoms with van der Waals surface area (Å²) in [5, 5.41) is 23.3. The highest BCUT2D eigenvalue weighted by Gasteiger charge is 2.69. The van der Waals surface area contributed by atoms with E-state index in [1.165, 1.54) is 0 Å². The normalized spacial score (nSPS) is 41.6. The van der Waals surface area contributed by atoms with Crippen LogP contribution in [0, 0.1) is 39.4 Å². The maximum Gasteiger partial charge on any atom is 0.305 e. The molecule has 2 fully saturated rings. The minimum atomic E-state index is -0.857. The van der Waals surface area contributed by atoms with E-state index in [1.54, 1.807) is 0 Å². The summed E-state index contributed by atoms with van der Waals surface area (Å²) in [6.45, 7) is 14.8. The van der Waals surface area contributed by atoms with Crippen LogP contribution in [0.2, 0.25) is 0 Å². The van der Waals surface area contributed by atoms with Gasteiger partial charge in [-0.2, -0.15) is 0 Å². The molecular weight excluding hydrogens is 468 g/mol. The van der Waals surface area contributed by atoms with E-state index < -0.39 is 33.9 Å². The largest absolute Gasteiger partial charge is 0.466 e. The summed E-state index contributed by atoms with van der Waals surface area (Å²) in [7, 11) is 0. The highest BCUT2D eigenvalue weighted by Crippen LogP contribution is 2.71. The Balaban J connectivity index is 1.68. The lowest BCUT2D eigenvalue weighted by Gasteiger charge is -2.61. The van der Waals surface area contributed by atoms with E-state index in [0.717, 1.165) is 18.4 Å². The zero-order chi connectivity index (χ0) is 27.6. The lowest BCUT2D eigenvalue weighted by molar-refractivity contribution is -0.146. The molecule has 0 saturated heterocycles. The summed E-state index contributed by atoms with van der Waals surface area (Å²) in [5.41, 5.74) is -0.932. The Hall–Kier alpha value is -1.53. The number of esters is 1. The zero-order valence-corrected chi connectivity index (χ0v) is 24.0. The highest BCUT2D eigenvalue weighted by molar-refractivity contribution is 6.01. The molecule has 0 spiro atoms. The molecule has 0 aromatic rings. The predicted octanol–water partition coefficient (Wildman–Crippen LogP) is 5.19. The third-order valence-electron chi connectivity index (χ3n) is 11.6. The summed E-state index contributed by atoms with van der Waals surface area (Å²) in [6.07, 6.45) is 3.61. The number of carbonyl (C=O) groups is 3. The number of allylic oxidation sites excluding steroid dienone is 1. The Labute approximate surface area is 222 Å². The van der Waals surface area contributed by atoms with Gasteiger partial charge in [0, 0.05) is 41.1 Å². The fourth-order valence-corrected chi connectivity index (χ4v) is 9.14. The Morgan fingerprint density at radius 3 is 2.43 bits per heavy atom. The third-order valence-corrected chi connectivity index (χ3v) is 11.6. The fraction of sp³-hybridized carbons (Fsp3) is 0.839. The van der Waals surface area contributed by atoms with E-state index in [4.69, 9.17) is 4.74 Å². The van der Waals surface area contributed by atoms with Gasteiger partial charge in [-0.25, -0.2) is 0 Å². The molecule has 4 rings (SSSR count). The Morgan fingerprint density at radius 1 is 1.11 bits per heavy atom. The predicted molar refractivity (Wildman–Crippen MR) is 141 cm³/mol. The lowest BCUT2D eigenvalue weighted by atomic mass is 9.42. The number of carbonyl (C=O) groups excluding carboxylic acids is 3. The first-order valence-electron chi connectivity index (χ1n) is 14.5. The van der Waals surface area contributed by atoms with Gasteiger partial charge in [0.2, 0.25) is 0 Å². The van der Waals surface area contributed by atoms with Crippen LogP contribution in [0.3, 0.4) is 0 Å². The molecule has 8 atom stereocenters. The van der Waals surface area contributed by atoms with Gasteiger partial charge in [-0.1, -0.05) is 54.9 Å². The summed E-state index contributed by atoms with van der Waals surface area (Å²) in [4.78, 5) is 39.2. The molecular formula is C31H48O6. The molecule has 0 aromatic carbocycles. The molecule has 0 amide bonds. The highest BCUT2D eigenvalue weighted by atomic mass is 16.5. The first-order valence-corrected chi connectivity index (χ1v) is 14.5. The van der Waals surface area contributed by atoms with Crippen LogP contribution in [0.5, 0.6) is 0 Å². The van der Waals surface area contributed by atoms with Gasteiger partial charge >= 0.3 is 5.97 Å². The maximum absolute atomic E-state index is 14.1. The monoisotopic (exact) mass is 516 g/mol. The van der Waals surface area contributed by atoms with Crippen molar-refractivity contribution >= 4 is 17.5 Å². The van der Waals surface area contributed by atoms with Crippen molar-refractivity contribution in [2.75, 3.05) is 6.61 Å². The van der Waals surface area contributed by atoms with Crippen LogP contribution in [0.4, 0.5) is 0 Å². The third kappa shape index (κ3) is 4.07. The minimum absolute atomic E-state index is 0.0380. The van der Waals surface area contributed by atoms with Crippen LogP contribution in [-0.2, 0) is 19.1 Å². The number of hydrogen-bond acceptors (Lipinski definition) is 6. The zero-order valence-electron chi connectivity index (χ0n) is 24.0. The topological polar surface area (TPSA) is 101 Å². The Bertz CT molecular complexity index is 996. The van der Waals surface area contributed by atoms with Crippen molar-refractivity contribution in [3.63, 3.8) is 0 Å². The molecule has 2 N–H and O–H groups in total. The van der Waals surface area contributed by atoms with Crippen molar-refractivity contribution in [2.24, 2.45) is 39.4 Å². The second kappa shape index (κ2) is 9.59. The van der Waals surface area contributed by atoms with Gasteiger partial charge in [0.1, 0.15) is 5.78 Å². The van der Waals surface area contributed by atoms with E-state index in [2.05, 4.69) is 34.6 Å². The van der Waals surface area contributed by atoms with E-state index in [-0.39, 0.29) is 35.3 Å². The minimum Gasteiger partial charge on any atom is -0.466 e. The standard InChI is InChI=1S/C31H48O6/c1-8-9-14-37-25(36)11-10-18(2)19-15-24(35)31(7)27-20(32)16-22-28(3,4)23(34)12-13-29(22,5)26(27)21(33)17-30(19,31)6/h18-20,22,24,32,35H,8-17H2,1-7H3/t18-,19-,20+,22+,24+,29+,30-,31+/m1/s1. The number of rotatable bonds is 7. The molecule has 6 nitrogen and oxygen atoms in total. The van der Waals surface area contributed by atoms with Crippen molar-refractivity contribution < 1.29 is 29.3 Å². The van der Waals surface area contributed by atoms with Gasteiger partial charge in [0.25, 0.3) is 0 Å². The second-order valence-corrected chi connectivity index (χ2v) is 13.8. The van der Waals surface area contributed by atoms with Crippen molar-refractivity contribution in [3.8, 4) is 0 Å². The van der Waals surface area contributed by atoms with E-state index in [1.807, 2.05) is 13.8 Å². The molecule has 0 heterocycles. The van der Waals surface area contributed by atoms with Crippen molar-refractivity contribution in [3.05, 3.63) is 11.1 Å². The van der Waals surface area contributed by atoms with Crippen molar-refractivity contribution in [1.82, 2.24) is 0 Å². The van der Waals surface area contributed by atoms with Gasteiger partial charge in [-0.3, -0.25) is 14.4 Å². The van der Waals surface area contributed by atoms with Gasteiger partial charge < -0.3 is 14.9 Å². The first-order chi connectivity index (χ1) is 17.2. The average molecular weight is 517 g/mol. The molecule has 37 heavy (non-hydrogen) atoms. The summed E-state index contributed by atoms with van der Waals surface area (Å²) in [6, 6.07) is 0. The molecule has 4 aliphatic carbocycles. The quantitative estimate of drug-likeness (QED) is 0.357. The number of hydrogen-bond donors (Lipinski definition) is 2. The van der Waals surface area contributed by atoms with Crippen LogP contribution in [-0.4, -0.2) is 46.6 Å². The van der Waals surface area contributed by atoms with Crippen LogP contribution < -0.4 is 0 Å². The molecule has 0 unspecified atom stereocenters. The second-order valence-electron chi connectivity index (χ2n) is 13.8. The summed E-state index contributed by atoms with van der Waals surface area (Å²) in [5.74, 6) is 0.123. The van der Waals surface area contributed by atoms with Gasteiger partial charge in [0.05, 0.1) is 18.8 Å². The number of ether oxygens (including phenoxy) is 1. The van der Waals surface area contributed by atoms with Crippen LogP contribution in [0.25, 0.3) is 0 Å². The molecule has 0 aromatic heterocycles. The molecule has 0 aliphatic heterocycles. The number of unbranched alkanes of at least 4 members (excludes halogenated alkanes) is 1. The molecule has 2 saturated carbocycles. The molecule has 208 valence electrons. The van der Waals surface area contributed by atoms with Crippen LogP contribution in [0.15, 0.2) is 11.1 Å². The smallest absolute Gasteiger partial charge is 0.305 e. The van der Waals surface area contributed by atoms with E-state index >= 15 is 0 Å².